The first kappa shape index (κ1) is 13.1. The molecule has 1 aliphatic rings. The number of hydrogen-bond acceptors (Lipinski definition) is 5. The van der Waals surface area contributed by atoms with Crippen LogP contribution in [0.4, 0.5) is 5.88 Å². The smallest absolute Gasteiger partial charge is 0.433 e. The Morgan fingerprint density at radius 2 is 2.21 bits per heavy atom. The number of carboxylic acids is 1. The molecule has 0 aromatic carbocycles. The fourth-order valence-corrected chi connectivity index (χ4v) is 2.06. The van der Waals surface area contributed by atoms with Crippen molar-refractivity contribution in [2.75, 3.05) is 13.1 Å². The number of furan rings is 1. The first-order chi connectivity index (χ1) is 8.99. The van der Waals surface area contributed by atoms with Crippen LogP contribution < -0.4 is 0 Å². The summed E-state index contributed by atoms with van der Waals surface area (Å²) in [6, 6.07) is 2.33. The summed E-state index contributed by atoms with van der Waals surface area (Å²) in [5.74, 6) is -2.70. The fourth-order valence-electron chi connectivity index (χ4n) is 2.06. The monoisotopic (exact) mass is 268 g/mol. The first-order valence-electron chi connectivity index (χ1n) is 5.75. The minimum absolute atomic E-state index is 0.0999. The minimum atomic E-state index is -0.942. The van der Waals surface area contributed by atoms with Crippen molar-refractivity contribution >= 4 is 17.8 Å². The third kappa shape index (κ3) is 2.72. The summed E-state index contributed by atoms with van der Waals surface area (Å²) >= 11 is 0. The quantitative estimate of drug-likeness (QED) is 0.649. The Hall–Kier alpha value is -2.38. The molecular formula is C11H12N2O6. The van der Waals surface area contributed by atoms with E-state index in [0.717, 1.165) is 6.07 Å². The molecule has 1 amide bonds. The number of amides is 1. The van der Waals surface area contributed by atoms with Gasteiger partial charge in [0.25, 0.3) is 5.91 Å². The zero-order valence-corrected chi connectivity index (χ0v) is 9.94. The Morgan fingerprint density at radius 3 is 2.79 bits per heavy atom. The molecule has 1 atom stereocenters. The normalized spacial score (nSPS) is 19.2. The molecule has 0 bridgehead atoms. The van der Waals surface area contributed by atoms with Crippen LogP contribution in [-0.2, 0) is 4.79 Å². The minimum Gasteiger partial charge on any atom is -0.481 e. The second-order valence-corrected chi connectivity index (χ2v) is 4.32. The van der Waals surface area contributed by atoms with Crippen molar-refractivity contribution in [1.82, 2.24) is 4.90 Å². The summed E-state index contributed by atoms with van der Waals surface area (Å²) in [5.41, 5.74) is 0. The number of piperidine rings is 1. The Bertz CT molecular complexity index is 523. The molecule has 0 aliphatic carbocycles. The Balaban J connectivity index is 2.10. The number of carboxylic acid groups (broad SMARTS) is 1. The molecule has 0 radical (unpaired) electrons. The van der Waals surface area contributed by atoms with E-state index in [2.05, 4.69) is 0 Å². The van der Waals surface area contributed by atoms with Crippen LogP contribution in [-0.4, -0.2) is 39.9 Å². The van der Waals surface area contributed by atoms with Crippen molar-refractivity contribution in [3.8, 4) is 0 Å². The molecule has 2 rings (SSSR count). The Kier molecular flexibility index (Phi) is 3.50. The Morgan fingerprint density at radius 1 is 1.47 bits per heavy atom. The van der Waals surface area contributed by atoms with E-state index in [9.17, 15) is 19.7 Å². The highest BCUT2D eigenvalue weighted by molar-refractivity contribution is 5.92. The topological polar surface area (TPSA) is 114 Å². The van der Waals surface area contributed by atoms with Gasteiger partial charge in [-0.1, -0.05) is 0 Å². The van der Waals surface area contributed by atoms with Gasteiger partial charge >= 0.3 is 11.9 Å². The average Bonchev–Trinajstić information content (AvgIpc) is 2.87. The number of carbonyl (C=O) groups excluding carboxylic acids is 1. The fraction of sp³-hybridized carbons (Fsp3) is 0.455. The molecule has 2 heterocycles. The third-order valence-corrected chi connectivity index (χ3v) is 3.04. The van der Waals surface area contributed by atoms with E-state index in [1.54, 1.807) is 0 Å². The average molecular weight is 268 g/mol. The summed E-state index contributed by atoms with van der Waals surface area (Å²) in [7, 11) is 0. The van der Waals surface area contributed by atoms with Gasteiger partial charge in [0.1, 0.15) is 4.92 Å². The molecule has 8 nitrogen and oxygen atoms in total. The van der Waals surface area contributed by atoms with Gasteiger partial charge in [-0.3, -0.25) is 19.7 Å². The predicted octanol–water partition coefficient (Wildman–Crippen LogP) is 1.12. The number of rotatable bonds is 3. The van der Waals surface area contributed by atoms with Crippen molar-refractivity contribution in [2.24, 2.45) is 5.92 Å². The lowest BCUT2D eigenvalue weighted by molar-refractivity contribution is -0.402. The lowest BCUT2D eigenvalue weighted by atomic mass is 9.98. The van der Waals surface area contributed by atoms with Crippen LogP contribution >= 0.6 is 0 Å². The first-order valence-corrected chi connectivity index (χ1v) is 5.75. The van der Waals surface area contributed by atoms with Crippen LogP contribution in [0.3, 0.4) is 0 Å². The third-order valence-electron chi connectivity index (χ3n) is 3.04. The maximum absolute atomic E-state index is 12.0. The highest BCUT2D eigenvalue weighted by atomic mass is 16.6. The van der Waals surface area contributed by atoms with Crippen molar-refractivity contribution in [3.63, 3.8) is 0 Å². The van der Waals surface area contributed by atoms with Crippen LogP contribution in [0.15, 0.2) is 16.5 Å². The number of carbonyl (C=O) groups is 2. The van der Waals surface area contributed by atoms with Crippen LogP contribution in [0.2, 0.25) is 0 Å². The summed E-state index contributed by atoms with van der Waals surface area (Å²) < 4.78 is 4.82. The SMILES string of the molecule is O=C(O)[C@@H]1CCCN(C(=O)c2ccc([N+](=O)[O-])o2)C1. The number of aliphatic carboxylic acids is 1. The van der Waals surface area contributed by atoms with Crippen LogP contribution in [0, 0.1) is 16.0 Å². The summed E-state index contributed by atoms with van der Waals surface area (Å²) in [5, 5.41) is 19.4. The maximum Gasteiger partial charge on any atom is 0.433 e. The lowest BCUT2D eigenvalue weighted by Crippen LogP contribution is -2.42. The zero-order valence-electron chi connectivity index (χ0n) is 9.94. The molecule has 1 aromatic heterocycles. The van der Waals surface area contributed by atoms with Gasteiger partial charge in [0.05, 0.1) is 12.0 Å². The van der Waals surface area contributed by atoms with Crippen LogP contribution in [0.5, 0.6) is 0 Å². The molecular weight excluding hydrogens is 256 g/mol. The van der Waals surface area contributed by atoms with E-state index in [0.29, 0.717) is 19.4 Å². The number of nitro groups is 1. The molecule has 1 aliphatic heterocycles. The van der Waals surface area contributed by atoms with Gasteiger partial charge in [0.15, 0.2) is 5.76 Å². The molecule has 8 heteroatoms. The van der Waals surface area contributed by atoms with E-state index in [-0.39, 0.29) is 12.3 Å². The molecule has 1 fully saturated rings. The van der Waals surface area contributed by atoms with Crippen molar-refractivity contribution in [1.29, 1.82) is 0 Å². The van der Waals surface area contributed by atoms with Crippen molar-refractivity contribution in [2.45, 2.75) is 12.8 Å². The van der Waals surface area contributed by atoms with Gasteiger partial charge < -0.3 is 14.4 Å². The van der Waals surface area contributed by atoms with E-state index in [1.807, 2.05) is 0 Å². The molecule has 0 spiro atoms. The van der Waals surface area contributed by atoms with Gasteiger partial charge in [-0.05, 0) is 18.9 Å². The van der Waals surface area contributed by atoms with Gasteiger partial charge in [0, 0.05) is 13.1 Å². The van der Waals surface area contributed by atoms with E-state index in [4.69, 9.17) is 9.52 Å². The van der Waals surface area contributed by atoms with Gasteiger partial charge in [0.2, 0.25) is 0 Å². The summed E-state index contributed by atoms with van der Waals surface area (Å²) in [6.45, 7) is 0.528. The molecule has 1 N–H and O–H groups in total. The van der Waals surface area contributed by atoms with E-state index < -0.39 is 28.6 Å². The molecule has 19 heavy (non-hydrogen) atoms. The van der Waals surface area contributed by atoms with E-state index >= 15 is 0 Å². The van der Waals surface area contributed by atoms with Gasteiger partial charge in [-0.15, -0.1) is 0 Å². The molecule has 102 valence electrons. The molecule has 0 unspecified atom stereocenters. The predicted molar refractivity (Wildman–Crippen MR) is 61.6 cm³/mol. The lowest BCUT2D eigenvalue weighted by Gasteiger charge is -2.29. The van der Waals surface area contributed by atoms with Crippen molar-refractivity contribution < 1.29 is 24.0 Å². The Labute approximate surface area is 107 Å². The highest BCUT2D eigenvalue weighted by Crippen LogP contribution is 2.21. The number of hydrogen-bond donors (Lipinski definition) is 1. The summed E-state index contributed by atoms with van der Waals surface area (Å²) in [6.07, 6.45) is 1.11. The van der Waals surface area contributed by atoms with Gasteiger partial charge in [-0.2, -0.15) is 0 Å². The second-order valence-electron chi connectivity index (χ2n) is 4.32. The molecule has 0 saturated carbocycles. The van der Waals surface area contributed by atoms with E-state index in [1.165, 1.54) is 11.0 Å². The van der Waals surface area contributed by atoms with Crippen LogP contribution in [0.1, 0.15) is 23.4 Å². The molecule has 1 aromatic rings. The molecule has 1 saturated heterocycles. The maximum atomic E-state index is 12.0. The van der Waals surface area contributed by atoms with Crippen molar-refractivity contribution in [3.05, 3.63) is 28.0 Å². The van der Waals surface area contributed by atoms with Gasteiger partial charge in [-0.25, -0.2) is 0 Å². The number of nitrogens with zero attached hydrogens (tertiary/aromatic N) is 2. The number of likely N-dealkylation sites (tertiary alicyclic amines) is 1. The largest absolute Gasteiger partial charge is 0.481 e. The summed E-state index contributed by atoms with van der Waals surface area (Å²) in [4.78, 5) is 34.0. The standard InChI is InChI=1S/C11H12N2O6/c14-10(8-3-4-9(19-8)13(17)18)12-5-1-2-7(6-12)11(15)16/h3-4,7H,1-2,5-6H2,(H,15,16)/t7-/m1/s1. The zero-order chi connectivity index (χ0) is 14.0. The van der Waals surface area contributed by atoms with Crippen LogP contribution in [0.25, 0.3) is 0 Å². The highest BCUT2D eigenvalue weighted by Gasteiger charge is 2.30. The second kappa shape index (κ2) is 5.09.